The molecule has 0 saturated carbocycles. The lowest BCUT2D eigenvalue weighted by atomic mass is 10.2. The number of nitrogens with zero attached hydrogens (tertiary/aromatic N) is 2. The van der Waals surface area contributed by atoms with Crippen LogP contribution in [0.4, 0.5) is 5.69 Å². The van der Waals surface area contributed by atoms with E-state index in [9.17, 15) is 0 Å². The highest BCUT2D eigenvalue weighted by Gasteiger charge is 2.22. The van der Waals surface area contributed by atoms with Crippen molar-refractivity contribution in [1.82, 2.24) is 4.90 Å². The van der Waals surface area contributed by atoms with E-state index in [1.54, 1.807) is 7.11 Å². The van der Waals surface area contributed by atoms with E-state index in [-0.39, 0.29) is 0 Å². The SMILES string of the molecule is COc1ccc(-c2ccc(C(=S)N3CCN(c4ccc(C)c(Cl)c4)CC3)o2)cc1. The molecule has 3 aromatic rings. The molecule has 2 aromatic carbocycles. The van der Waals surface area contributed by atoms with Crippen molar-refractivity contribution in [3.63, 3.8) is 0 Å². The number of piperazine rings is 1. The zero-order chi connectivity index (χ0) is 20.4. The number of thiocarbonyl (C=S) groups is 1. The quantitative estimate of drug-likeness (QED) is 0.520. The standard InChI is InChI=1S/C23H23ClN2O2S/c1-16-3-6-18(15-20(16)24)25-11-13-26(14-12-25)23(29)22-10-9-21(28-22)17-4-7-19(27-2)8-5-17/h3-10,15H,11-14H2,1-2H3. The Labute approximate surface area is 181 Å². The molecular formula is C23H23ClN2O2S. The second kappa shape index (κ2) is 8.47. The van der Waals surface area contributed by atoms with E-state index in [2.05, 4.69) is 21.9 Å². The molecule has 0 bridgehead atoms. The van der Waals surface area contributed by atoms with Gasteiger partial charge in [0.25, 0.3) is 0 Å². The maximum atomic E-state index is 6.28. The Kier molecular flexibility index (Phi) is 5.79. The second-order valence-corrected chi connectivity index (χ2v) is 7.90. The van der Waals surface area contributed by atoms with Gasteiger partial charge in [0.05, 0.1) is 7.11 Å². The highest BCUT2D eigenvalue weighted by atomic mass is 35.5. The first-order valence-corrected chi connectivity index (χ1v) is 10.4. The van der Waals surface area contributed by atoms with Crippen LogP contribution in [0.2, 0.25) is 5.02 Å². The van der Waals surface area contributed by atoms with Crippen LogP contribution in [0.3, 0.4) is 0 Å². The average Bonchev–Trinajstić information content (AvgIpc) is 3.25. The molecule has 0 amide bonds. The van der Waals surface area contributed by atoms with Gasteiger partial charge in [0.15, 0.2) is 5.76 Å². The van der Waals surface area contributed by atoms with Crippen LogP contribution >= 0.6 is 23.8 Å². The first-order valence-electron chi connectivity index (χ1n) is 9.60. The van der Waals surface area contributed by atoms with Gasteiger partial charge in [-0.25, -0.2) is 0 Å². The Morgan fingerprint density at radius 3 is 2.38 bits per heavy atom. The Bertz CT molecular complexity index is 1010. The molecule has 0 unspecified atom stereocenters. The van der Waals surface area contributed by atoms with Gasteiger partial charge in [0.2, 0.25) is 0 Å². The van der Waals surface area contributed by atoms with Gasteiger partial charge in [0, 0.05) is 42.5 Å². The molecule has 0 atom stereocenters. The van der Waals surface area contributed by atoms with E-state index < -0.39 is 0 Å². The zero-order valence-corrected chi connectivity index (χ0v) is 18.1. The van der Waals surface area contributed by atoms with Crippen molar-refractivity contribution < 1.29 is 9.15 Å². The predicted octanol–water partition coefficient (Wildman–Crippen LogP) is 5.41. The summed E-state index contributed by atoms with van der Waals surface area (Å²) in [6.07, 6.45) is 0. The number of ether oxygens (including phenoxy) is 1. The van der Waals surface area contributed by atoms with Crippen LogP contribution in [0, 0.1) is 6.92 Å². The molecule has 1 fully saturated rings. The minimum absolute atomic E-state index is 0.734. The largest absolute Gasteiger partial charge is 0.497 e. The molecule has 0 aliphatic carbocycles. The molecule has 1 aromatic heterocycles. The van der Waals surface area contributed by atoms with E-state index >= 15 is 0 Å². The minimum Gasteiger partial charge on any atom is -0.497 e. The molecular weight excluding hydrogens is 404 g/mol. The van der Waals surface area contributed by atoms with Crippen LogP contribution in [-0.2, 0) is 0 Å². The van der Waals surface area contributed by atoms with E-state index in [4.69, 9.17) is 33.0 Å². The topological polar surface area (TPSA) is 28.9 Å². The van der Waals surface area contributed by atoms with Crippen molar-refractivity contribution in [2.24, 2.45) is 0 Å². The molecule has 4 rings (SSSR count). The third-order valence-corrected chi connectivity index (χ3v) is 6.15. The Morgan fingerprint density at radius 2 is 1.72 bits per heavy atom. The maximum absolute atomic E-state index is 6.28. The first kappa shape index (κ1) is 19.8. The lowest BCUT2D eigenvalue weighted by Gasteiger charge is -2.37. The number of hydrogen-bond acceptors (Lipinski definition) is 4. The van der Waals surface area contributed by atoms with Crippen molar-refractivity contribution in [2.45, 2.75) is 6.92 Å². The molecule has 0 N–H and O–H groups in total. The van der Waals surface area contributed by atoms with Gasteiger partial charge in [-0.1, -0.05) is 29.9 Å². The van der Waals surface area contributed by atoms with Gasteiger partial charge >= 0.3 is 0 Å². The molecule has 2 heterocycles. The molecule has 0 spiro atoms. The van der Waals surface area contributed by atoms with Crippen molar-refractivity contribution in [3.8, 4) is 17.1 Å². The fourth-order valence-electron chi connectivity index (χ4n) is 3.47. The summed E-state index contributed by atoms with van der Waals surface area (Å²) in [5.41, 5.74) is 3.26. The van der Waals surface area contributed by atoms with Crippen LogP contribution in [0.15, 0.2) is 59.0 Å². The zero-order valence-electron chi connectivity index (χ0n) is 16.5. The van der Waals surface area contributed by atoms with Crippen molar-refractivity contribution in [3.05, 3.63) is 70.9 Å². The fraction of sp³-hybridized carbons (Fsp3) is 0.261. The highest BCUT2D eigenvalue weighted by molar-refractivity contribution is 7.80. The van der Waals surface area contributed by atoms with Crippen LogP contribution in [0.5, 0.6) is 5.75 Å². The van der Waals surface area contributed by atoms with Crippen molar-refractivity contribution in [2.75, 3.05) is 38.2 Å². The van der Waals surface area contributed by atoms with Gasteiger partial charge in [-0.15, -0.1) is 0 Å². The Morgan fingerprint density at radius 1 is 1.00 bits per heavy atom. The monoisotopic (exact) mass is 426 g/mol. The summed E-state index contributed by atoms with van der Waals surface area (Å²) in [7, 11) is 1.66. The molecule has 0 radical (unpaired) electrons. The van der Waals surface area contributed by atoms with Gasteiger partial charge in [-0.05, 0) is 61.0 Å². The predicted molar refractivity (Wildman–Crippen MR) is 122 cm³/mol. The smallest absolute Gasteiger partial charge is 0.162 e. The number of rotatable bonds is 4. The highest BCUT2D eigenvalue weighted by Crippen LogP contribution is 2.27. The van der Waals surface area contributed by atoms with Crippen LogP contribution in [0.25, 0.3) is 11.3 Å². The van der Waals surface area contributed by atoms with Crippen LogP contribution in [0.1, 0.15) is 11.3 Å². The number of benzene rings is 2. The number of methoxy groups -OCH3 is 1. The summed E-state index contributed by atoms with van der Waals surface area (Å²) < 4.78 is 11.3. The molecule has 4 nitrogen and oxygen atoms in total. The fourth-order valence-corrected chi connectivity index (χ4v) is 3.93. The summed E-state index contributed by atoms with van der Waals surface area (Å²) in [4.78, 5) is 5.31. The summed E-state index contributed by atoms with van der Waals surface area (Å²) in [6.45, 7) is 5.51. The molecule has 1 saturated heterocycles. The number of aryl methyl sites for hydroxylation is 1. The molecule has 1 aliphatic heterocycles. The van der Waals surface area contributed by atoms with E-state index in [0.717, 1.165) is 70.3 Å². The van der Waals surface area contributed by atoms with Crippen molar-refractivity contribution >= 4 is 34.5 Å². The lowest BCUT2D eigenvalue weighted by molar-refractivity contribution is 0.385. The molecule has 6 heteroatoms. The third kappa shape index (κ3) is 4.26. The van der Waals surface area contributed by atoms with E-state index in [1.165, 1.54) is 0 Å². The third-order valence-electron chi connectivity index (χ3n) is 5.28. The lowest BCUT2D eigenvalue weighted by Crippen LogP contribution is -2.48. The van der Waals surface area contributed by atoms with Crippen LogP contribution < -0.4 is 9.64 Å². The maximum Gasteiger partial charge on any atom is 0.162 e. The first-order chi connectivity index (χ1) is 14.0. The van der Waals surface area contributed by atoms with Gasteiger partial charge in [-0.2, -0.15) is 0 Å². The number of furan rings is 1. The molecule has 150 valence electrons. The number of anilines is 1. The number of hydrogen-bond donors (Lipinski definition) is 0. The van der Waals surface area contributed by atoms with Gasteiger partial charge in [-0.3, -0.25) is 0 Å². The second-order valence-electron chi connectivity index (χ2n) is 7.11. The number of halogens is 1. The summed E-state index contributed by atoms with van der Waals surface area (Å²) in [5.74, 6) is 2.36. The molecule has 1 aliphatic rings. The van der Waals surface area contributed by atoms with Crippen LogP contribution in [-0.4, -0.2) is 43.2 Å². The summed E-state index contributed by atoms with van der Waals surface area (Å²) in [6, 6.07) is 18.0. The Hall–Kier alpha value is -2.50. The van der Waals surface area contributed by atoms with Crippen molar-refractivity contribution in [1.29, 1.82) is 0 Å². The average molecular weight is 427 g/mol. The Balaban J connectivity index is 1.40. The van der Waals surface area contributed by atoms with E-state index in [0.29, 0.717) is 0 Å². The normalized spacial score (nSPS) is 14.2. The van der Waals surface area contributed by atoms with E-state index in [1.807, 2.05) is 49.4 Å². The minimum atomic E-state index is 0.734. The summed E-state index contributed by atoms with van der Waals surface area (Å²) in [5, 5.41) is 0.807. The summed E-state index contributed by atoms with van der Waals surface area (Å²) >= 11 is 12.0. The van der Waals surface area contributed by atoms with Gasteiger partial charge < -0.3 is 19.0 Å². The molecule has 29 heavy (non-hydrogen) atoms. The van der Waals surface area contributed by atoms with Gasteiger partial charge in [0.1, 0.15) is 16.5 Å².